The normalized spacial score (nSPS) is 11.1. The van der Waals surface area contributed by atoms with Crippen LogP contribution in [-0.2, 0) is 11.2 Å². The number of aryl methyl sites for hydroxylation is 2. The maximum Gasteiger partial charge on any atom is 0.237 e. The minimum absolute atomic E-state index is 0.0472. The highest BCUT2D eigenvalue weighted by atomic mass is 32.2. The molecule has 0 spiro atoms. The molecule has 0 N–H and O–H groups in total. The Bertz CT molecular complexity index is 1250. The molecule has 5 nitrogen and oxygen atoms in total. The molecule has 4 aromatic rings. The number of carbonyl (C=O) groups is 1. The molecule has 1 amide bonds. The molecule has 6 heteroatoms. The van der Waals surface area contributed by atoms with Crippen molar-refractivity contribution in [2.75, 3.05) is 10.7 Å². The average molecular weight is 471 g/mol. The van der Waals surface area contributed by atoms with Gasteiger partial charge in [0.25, 0.3) is 0 Å². The second kappa shape index (κ2) is 10.7. The SMILES string of the molecule is Cc1ccc(-n2c(Cc3ccccc3)nnc2SCC(=O)N(c2ccccc2)C(C)C)c(C)c1. The van der Waals surface area contributed by atoms with Crippen LogP contribution in [0.1, 0.15) is 36.4 Å². The van der Waals surface area contributed by atoms with E-state index < -0.39 is 0 Å². The third kappa shape index (κ3) is 5.39. The van der Waals surface area contributed by atoms with E-state index in [-0.39, 0.29) is 17.7 Å². The first-order chi connectivity index (χ1) is 16.4. The number of carbonyl (C=O) groups excluding carboxylic acids is 1. The van der Waals surface area contributed by atoms with E-state index in [1.807, 2.05) is 67.3 Å². The lowest BCUT2D eigenvalue weighted by molar-refractivity contribution is -0.116. The van der Waals surface area contributed by atoms with E-state index in [0.29, 0.717) is 6.42 Å². The van der Waals surface area contributed by atoms with Crippen LogP contribution in [0.4, 0.5) is 5.69 Å². The fourth-order valence-corrected chi connectivity index (χ4v) is 4.92. The molecule has 0 unspecified atom stereocenters. The minimum Gasteiger partial charge on any atom is -0.309 e. The maximum absolute atomic E-state index is 13.3. The van der Waals surface area contributed by atoms with Gasteiger partial charge in [0.1, 0.15) is 5.82 Å². The third-order valence-corrected chi connectivity index (χ3v) is 6.56. The molecule has 4 rings (SSSR count). The number of hydrogen-bond acceptors (Lipinski definition) is 4. The van der Waals surface area contributed by atoms with Gasteiger partial charge in [-0.15, -0.1) is 10.2 Å². The minimum atomic E-state index is 0.0472. The molecule has 0 aliphatic rings. The summed E-state index contributed by atoms with van der Waals surface area (Å²) in [5, 5.41) is 9.77. The number of hydrogen-bond donors (Lipinski definition) is 0. The van der Waals surface area contributed by atoms with Gasteiger partial charge in [-0.2, -0.15) is 0 Å². The number of nitrogens with zero attached hydrogens (tertiary/aromatic N) is 4. The molecule has 0 saturated heterocycles. The Hall–Kier alpha value is -3.38. The lowest BCUT2D eigenvalue weighted by Crippen LogP contribution is -2.38. The van der Waals surface area contributed by atoms with Gasteiger partial charge in [-0.1, -0.05) is 78.0 Å². The van der Waals surface area contributed by atoms with Crippen molar-refractivity contribution in [2.24, 2.45) is 0 Å². The predicted molar refractivity (Wildman–Crippen MR) is 140 cm³/mol. The second-order valence-corrected chi connectivity index (χ2v) is 9.61. The van der Waals surface area contributed by atoms with Gasteiger partial charge in [0, 0.05) is 18.2 Å². The lowest BCUT2D eigenvalue weighted by Gasteiger charge is -2.26. The molecule has 1 aromatic heterocycles. The summed E-state index contributed by atoms with van der Waals surface area (Å²) in [4.78, 5) is 15.1. The Morgan fingerprint density at radius 3 is 2.26 bits per heavy atom. The Morgan fingerprint density at radius 2 is 1.62 bits per heavy atom. The van der Waals surface area contributed by atoms with Gasteiger partial charge in [0.05, 0.1) is 11.4 Å². The summed E-state index contributed by atoms with van der Waals surface area (Å²) >= 11 is 1.43. The Morgan fingerprint density at radius 1 is 0.941 bits per heavy atom. The van der Waals surface area contributed by atoms with Gasteiger partial charge in [-0.25, -0.2) is 0 Å². The van der Waals surface area contributed by atoms with Gasteiger partial charge in [-0.3, -0.25) is 9.36 Å². The van der Waals surface area contributed by atoms with Crippen LogP contribution < -0.4 is 4.90 Å². The van der Waals surface area contributed by atoms with Crippen molar-refractivity contribution in [3.05, 3.63) is 101 Å². The highest BCUT2D eigenvalue weighted by Crippen LogP contribution is 2.27. The molecule has 1 heterocycles. The first-order valence-electron chi connectivity index (χ1n) is 11.5. The molecule has 34 heavy (non-hydrogen) atoms. The van der Waals surface area contributed by atoms with Crippen molar-refractivity contribution >= 4 is 23.4 Å². The number of thioether (sulfide) groups is 1. The monoisotopic (exact) mass is 470 g/mol. The molecule has 174 valence electrons. The largest absolute Gasteiger partial charge is 0.309 e. The van der Waals surface area contributed by atoms with E-state index in [2.05, 4.69) is 58.9 Å². The van der Waals surface area contributed by atoms with Gasteiger partial charge in [0.15, 0.2) is 5.16 Å². The van der Waals surface area contributed by atoms with Crippen LogP contribution in [0.15, 0.2) is 84.0 Å². The van der Waals surface area contributed by atoms with Crippen LogP contribution in [0.5, 0.6) is 0 Å². The van der Waals surface area contributed by atoms with Gasteiger partial charge < -0.3 is 4.90 Å². The lowest BCUT2D eigenvalue weighted by atomic mass is 10.1. The molecule has 0 aliphatic heterocycles. The van der Waals surface area contributed by atoms with Gasteiger partial charge in [-0.05, 0) is 57.0 Å². The van der Waals surface area contributed by atoms with Crippen LogP contribution in [0.2, 0.25) is 0 Å². The molecule has 0 atom stereocenters. The highest BCUT2D eigenvalue weighted by molar-refractivity contribution is 7.99. The molecule has 0 bridgehead atoms. The van der Waals surface area contributed by atoms with Gasteiger partial charge >= 0.3 is 0 Å². The Kier molecular flexibility index (Phi) is 7.48. The molecule has 0 saturated carbocycles. The molecular weight excluding hydrogens is 440 g/mol. The van der Waals surface area contributed by atoms with E-state index in [1.54, 1.807) is 0 Å². The molecule has 0 fully saturated rings. The molecule has 0 radical (unpaired) electrons. The summed E-state index contributed by atoms with van der Waals surface area (Å²) in [6.45, 7) is 8.26. The summed E-state index contributed by atoms with van der Waals surface area (Å²) in [6, 6.07) is 26.5. The van der Waals surface area contributed by atoms with Crippen molar-refractivity contribution in [3.8, 4) is 5.69 Å². The Labute approximate surface area is 205 Å². The Balaban J connectivity index is 1.64. The smallest absolute Gasteiger partial charge is 0.237 e. The van der Waals surface area contributed by atoms with Crippen LogP contribution in [0.25, 0.3) is 5.69 Å². The first-order valence-corrected chi connectivity index (χ1v) is 12.5. The molecule has 3 aromatic carbocycles. The van der Waals surface area contributed by atoms with E-state index in [9.17, 15) is 4.79 Å². The van der Waals surface area contributed by atoms with Crippen LogP contribution >= 0.6 is 11.8 Å². The highest BCUT2D eigenvalue weighted by Gasteiger charge is 2.22. The average Bonchev–Trinajstić information content (AvgIpc) is 3.21. The second-order valence-electron chi connectivity index (χ2n) is 8.67. The standard InChI is InChI=1S/C28H30N4OS/c1-20(2)31(24-13-9-6-10-14-24)27(33)19-34-28-30-29-26(18-23-11-7-5-8-12-23)32(28)25-16-15-21(3)17-22(25)4/h5-17,20H,18-19H2,1-4H3. The summed E-state index contributed by atoms with van der Waals surface area (Å²) in [7, 11) is 0. The van der Waals surface area contributed by atoms with E-state index in [0.717, 1.165) is 27.9 Å². The van der Waals surface area contributed by atoms with Crippen LogP contribution in [0, 0.1) is 13.8 Å². The summed E-state index contributed by atoms with van der Waals surface area (Å²) in [5.41, 5.74) is 5.47. The predicted octanol–water partition coefficient (Wildman–Crippen LogP) is 6.01. The van der Waals surface area contributed by atoms with Crippen molar-refractivity contribution in [3.63, 3.8) is 0 Å². The van der Waals surface area contributed by atoms with Crippen LogP contribution in [0.3, 0.4) is 0 Å². The van der Waals surface area contributed by atoms with Crippen molar-refractivity contribution < 1.29 is 4.79 Å². The summed E-state index contributed by atoms with van der Waals surface area (Å²) < 4.78 is 2.10. The quantitative estimate of drug-likeness (QED) is 0.296. The van der Waals surface area contributed by atoms with E-state index in [1.165, 1.54) is 22.9 Å². The maximum atomic E-state index is 13.3. The van der Waals surface area contributed by atoms with Crippen molar-refractivity contribution in [1.29, 1.82) is 0 Å². The zero-order valence-electron chi connectivity index (χ0n) is 20.1. The van der Waals surface area contributed by atoms with E-state index in [4.69, 9.17) is 0 Å². The zero-order chi connectivity index (χ0) is 24.1. The van der Waals surface area contributed by atoms with Gasteiger partial charge in [0.2, 0.25) is 5.91 Å². The van der Waals surface area contributed by atoms with Crippen LogP contribution in [-0.4, -0.2) is 32.5 Å². The number of para-hydroxylation sites is 1. The third-order valence-electron chi connectivity index (χ3n) is 5.64. The number of rotatable bonds is 8. The fourth-order valence-electron chi connectivity index (χ4n) is 4.10. The van der Waals surface area contributed by atoms with Crippen molar-refractivity contribution in [1.82, 2.24) is 14.8 Å². The summed E-state index contributed by atoms with van der Waals surface area (Å²) in [5.74, 6) is 1.18. The van der Waals surface area contributed by atoms with E-state index >= 15 is 0 Å². The molecule has 0 aliphatic carbocycles. The fraction of sp³-hybridized carbons (Fsp3) is 0.250. The van der Waals surface area contributed by atoms with Crippen molar-refractivity contribution in [2.45, 2.75) is 45.3 Å². The number of aromatic nitrogens is 3. The summed E-state index contributed by atoms with van der Waals surface area (Å²) in [6.07, 6.45) is 0.664. The number of benzene rings is 3. The molecular formula is C28H30N4OS. The number of anilines is 1. The zero-order valence-corrected chi connectivity index (χ0v) is 20.9. The first kappa shape index (κ1) is 23.8. The number of amides is 1. The topological polar surface area (TPSA) is 51.0 Å².